The molecule has 0 spiro atoms. The maximum Gasteiger partial charge on any atom is 0.203 e. The van der Waals surface area contributed by atoms with E-state index in [0.29, 0.717) is 6.61 Å². The van der Waals surface area contributed by atoms with Gasteiger partial charge < -0.3 is 14.6 Å². The zero-order valence-corrected chi connectivity index (χ0v) is 13.7. The Morgan fingerprint density at radius 3 is 3.00 bits per heavy atom. The number of halogens is 1. The first-order valence-electron chi connectivity index (χ1n) is 6.11. The van der Waals surface area contributed by atoms with Crippen LogP contribution in [0.4, 0.5) is 5.95 Å². The summed E-state index contributed by atoms with van der Waals surface area (Å²) >= 11 is 5.31. The fourth-order valence-corrected chi connectivity index (χ4v) is 3.36. The average molecular weight is 344 g/mol. The van der Waals surface area contributed by atoms with Crippen LogP contribution in [-0.2, 0) is 11.3 Å². The van der Waals surface area contributed by atoms with Gasteiger partial charge in [0, 0.05) is 28.7 Å². The van der Waals surface area contributed by atoms with Gasteiger partial charge in [-0.25, -0.2) is 4.98 Å². The minimum atomic E-state index is 0.234. The smallest absolute Gasteiger partial charge is 0.203 e. The van der Waals surface area contributed by atoms with E-state index in [2.05, 4.69) is 55.4 Å². The van der Waals surface area contributed by atoms with Crippen molar-refractivity contribution < 1.29 is 4.74 Å². The predicted octanol–water partition coefficient (Wildman–Crippen LogP) is 3.51. The molecule has 1 atom stereocenters. The van der Waals surface area contributed by atoms with Gasteiger partial charge in [0.1, 0.15) is 0 Å². The summed E-state index contributed by atoms with van der Waals surface area (Å²) in [4.78, 5) is 5.82. The van der Waals surface area contributed by atoms with Gasteiger partial charge in [0.2, 0.25) is 5.95 Å². The second-order valence-corrected chi connectivity index (χ2v) is 6.38. The molecule has 0 aliphatic heterocycles. The number of thiophene rings is 1. The Labute approximate surface area is 125 Å². The van der Waals surface area contributed by atoms with Crippen molar-refractivity contribution in [3.8, 4) is 0 Å². The Bertz CT molecular complexity index is 538. The van der Waals surface area contributed by atoms with Crippen molar-refractivity contribution in [2.75, 3.05) is 19.0 Å². The van der Waals surface area contributed by atoms with E-state index in [9.17, 15) is 0 Å². The third-order valence-corrected chi connectivity index (χ3v) is 4.61. The molecular weight excluding hydrogens is 326 g/mol. The lowest BCUT2D eigenvalue weighted by Crippen LogP contribution is -2.23. The molecule has 0 aliphatic carbocycles. The highest BCUT2D eigenvalue weighted by molar-refractivity contribution is 9.10. The van der Waals surface area contributed by atoms with Gasteiger partial charge in [-0.05, 0) is 41.2 Å². The SMILES string of the molecule is COCC(C)Nc1nc(C)cn1Cc1sccc1Br. The Morgan fingerprint density at radius 2 is 2.37 bits per heavy atom. The lowest BCUT2D eigenvalue weighted by Gasteiger charge is -2.15. The summed E-state index contributed by atoms with van der Waals surface area (Å²) in [6.45, 7) is 5.57. The highest BCUT2D eigenvalue weighted by Gasteiger charge is 2.11. The van der Waals surface area contributed by atoms with Crippen LogP contribution in [0, 0.1) is 6.92 Å². The summed E-state index contributed by atoms with van der Waals surface area (Å²) < 4.78 is 8.43. The Morgan fingerprint density at radius 1 is 1.58 bits per heavy atom. The zero-order valence-electron chi connectivity index (χ0n) is 11.3. The highest BCUT2D eigenvalue weighted by atomic mass is 79.9. The number of anilines is 1. The fraction of sp³-hybridized carbons (Fsp3) is 0.462. The van der Waals surface area contributed by atoms with E-state index >= 15 is 0 Å². The second kappa shape index (κ2) is 6.54. The quantitative estimate of drug-likeness (QED) is 0.872. The first-order chi connectivity index (χ1) is 9.10. The molecule has 6 heteroatoms. The lowest BCUT2D eigenvalue weighted by molar-refractivity contribution is 0.190. The van der Waals surface area contributed by atoms with Crippen LogP contribution in [0.15, 0.2) is 22.1 Å². The molecule has 2 aromatic rings. The van der Waals surface area contributed by atoms with E-state index in [1.807, 2.05) is 6.92 Å². The molecule has 0 radical (unpaired) electrons. The third kappa shape index (κ3) is 3.81. The predicted molar refractivity (Wildman–Crippen MR) is 83.0 cm³/mol. The number of hydrogen-bond donors (Lipinski definition) is 1. The molecule has 0 aromatic carbocycles. The van der Waals surface area contributed by atoms with Crippen LogP contribution in [0.3, 0.4) is 0 Å². The number of methoxy groups -OCH3 is 1. The summed E-state index contributed by atoms with van der Waals surface area (Å²) in [6, 6.07) is 2.31. The highest BCUT2D eigenvalue weighted by Crippen LogP contribution is 2.25. The van der Waals surface area contributed by atoms with Crippen LogP contribution in [-0.4, -0.2) is 29.3 Å². The molecule has 2 rings (SSSR count). The molecule has 1 N–H and O–H groups in total. The monoisotopic (exact) mass is 343 g/mol. The third-order valence-electron chi connectivity index (χ3n) is 2.69. The van der Waals surface area contributed by atoms with E-state index in [1.54, 1.807) is 18.4 Å². The fourth-order valence-electron chi connectivity index (χ4n) is 1.89. The van der Waals surface area contributed by atoms with Crippen LogP contribution in [0.5, 0.6) is 0 Å². The molecule has 0 bridgehead atoms. The van der Waals surface area contributed by atoms with E-state index < -0.39 is 0 Å². The largest absolute Gasteiger partial charge is 0.383 e. The number of ether oxygens (including phenoxy) is 1. The Hall–Kier alpha value is -0.850. The topological polar surface area (TPSA) is 39.1 Å². The molecule has 0 saturated heterocycles. The van der Waals surface area contributed by atoms with Gasteiger partial charge in [-0.15, -0.1) is 11.3 Å². The zero-order chi connectivity index (χ0) is 13.8. The number of rotatable bonds is 6. The van der Waals surface area contributed by atoms with E-state index in [0.717, 1.165) is 22.7 Å². The molecule has 0 amide bonds. The molecule has 1 unspecified atom stereocenters. The van der Waals surface area contributed by atoms with Gasteiger partial charge in [-0.3, -0.25) is 0 Å². The molecule has 0 saturated carbocycles. The van der Waals surface area contributed by atoms with Crippen LogP contribution in [0.2, 0.25) is 0 Å². The summed E-state index contributed by atoms with van der Waals surface area (Å²) in [5.74, 6) is 0.891. The van der Waals surface area contributed by atoms with Crippen LogP contribution >= 0.6 is 27.3 Å². The van der Waals surface area contributed by atoms with Crippen molar-refractivity contribution in [3.05, 3.63) is 32.7 Å². The van der Waals surface area contributed by atoms with E-state index in [1.165, 1.54) is 4.88 Å². The van der Waals surface area contributed by atoms with Gasteiger partial charge in [-0.2, -0.15) is 0 Å². The maximum atomic E-state index is 5.14. The van der Waals surface area contributed by atoms with E-state index in [-0.39, 0.29) is 6.04 Å². The minimum absolute atomic E-state index is 0.234. The van der Waals surface area contributed by atoms with Crippen LogP contribution in [0.25, 0.3) is 0 Å². The van der Waals surface area contributed by atoms with Gasteiger partial charge in [-0.1, -0.05) is 0 Å². The number of aryl methyl sites for hydroxylation is 1. The van der Waals surface area contributed by atoms with Gasteiger partial charge >= 0.3 is 0 Å². The van der Waals surface area contributed by atoms with E-state index in [4.69, 9.17) is 4.74 Å². The second-order valence-electron chi connectivity index (χ2n) is 4.53. The summed E-state index contributed by atoms with van der Waals surface area (Å²) in [5, 5.41) is 5.47. The average Bonchev–Trinajstić information content (AvgIpc) is 2.88. The minimum Gasteiger partial charge on any atom is -0.383 e. The number of nitrogens with one attached hydrogen (secondary N) is 1. The first kappa shape index (κ1) is 14.6. The molecule has 2 aromatic heterocycles. The van der Waals surface area contributed by atoms with Crippen molar-refractivity contribution in [3.63, 3.8) is 0 Å². The van der Waals surface area contributed by atoms with Crippen molar-refractivity contribution in [2.45, 2.75) is 26.4 Å². The van der Waals surface area contributed by atoms with Crippen LogP contribution < -0.4 is 5.32 Å². The molecular formula is C13H18BrN3OS. The van der Waals surface area contributed by atoms with Crippen molar-refractivity contribution in [1.29, 1.82) is 0 Å². The van der Waals surface area contributed by atoms with Crippen molar-refractivity contribution in [1.82, 2.24) is 9.55 Å². The van der Waals surface area contributed by atoms with Crippen molar-refractivity contribution >= 4 is 33.2 Å². The number of hydrogen-bond acceptors (Lipinski definition) is 4. The normalized spacial score (nSPS) is 12.6. The van der Waals surface area contributed by atoms with Crippen LogP contribution in [0.1, 0.15) is 17.5 Å². The first-order valence-corrected chi connectivity index (χ1v) is 7.78. The molecule has 4 nitrogen and oxygen atoms in total. The number of nitrogens with zero attached hydrogens (tertiary/aromatic N) is 2. The van der Waals surface area contributed by atoms with Gasteiger partial charge in [0.05, 0.1) is 18.8 Å². The number of imidazole rings is 1. The van der Waals surface area contributed by atoms with Gasteiger partial charge in [0.25, 0.3) is 0 Å². The summed E-state index contributed by atoms with van der Waals surface area (Å²) in [7, 11) is 1.71. The van der Waals surface area contributed by atoms with Crippen molar-refractivity contribution in [2.24, 2.45) is 0 Å². The Kier molecular flexibility index (Phi) is 5.01. The molecule has 2 heterocycles. The summed E-state index contributed by atoms with van der Waals surface area (Å²) in [5.41, 5.74) is 1.01. The molecule has 0 fully saturated rings. The molecule has 0 aliphatic rings. The standard InChI is InChI=1S/C13H18BrN3OS/c1-9-6-17(7-12-11(14)4-5-19-12)13(15-9)16-10(2)8-18-3/h4-6,10H,7-8H2,1-3H3,(H,15,16). The maximum absolute atomic E-state index is 5.14. The lowest BCUT2D eigenvalue weighted by atomic mass is 10.4. The summed E-state index contributed by atoms with van der Waals surface area (Å²) in [6.07, 6.45) is 2.06. The molecule has 104 valence electrons. The Balaban J connectivity index is 2.14. The number of aromatic nitrogens is 2. The van der Waals surface area contributed by atoms with Gasteiger partial charge in [0.15, 0.2) is 0 Å². The molecule has 19 heavy (non-hydrogen) atoms.